The molecule has 0 aliphatic carbocycles. The number of rotatable bonds is 9. The van der Waals surface area contributed by atoms with Gasteiger partial charge in [0, 0.05) is 18.8 Å². The summed E-state index contributed by atoms with van der Waals surface area (Å²) in [6.45, 7) is 4.26. The number of aliphatic hydroxyl groups is 1. The van der Waals surface area contributed by atoms with Gasteiger partial charge >= 0.3 is 0 Å². The van der Waals surface area contributed by atoms with E-state index in [-0.39, 0.29) is 17.4 Å². The highest BCUT2D eigenvalue weighted by atomic mass is 32.2. The van der Waals surface area contributed by atoms with Crippen molar-refractivity contribution in [1.29, 1.82) is 0 Å². The van der Waals surface area contributed by atoms with Crippen LogP contribution in [0.5, 0.6) is 0 Å². The van der Waals surface area contributed by atoms with Crippen LogP contribution in [0.2, 0.25) is 0 Å². The first-order chi connectivity index (χ1) is 12.3. The third kappa shape index (κ3) is 5.83. The van der Waals surface area contributed by atoms with Gasteiger partial charge in [-0.15, -0.1) is 0 Å². The molecule has 0 bridgehead atoms. The SMILES string of the molecule is CC(C)CN(CC(O)[CH]Cc1ccccc1)S(=O)(=O)c1ccc(N)cc1. The molecule has 141 valence electrons. The highest BCUT2D eigenvalue weighted by molar-refractivity contribution is 7.89. The summed E-state index contributed by atoms with van der Waals surface area (Å²) >= 11 is 0. The van der Waals surface area contributed by atoms with Crippen molar-refractivity contribution in [2.24, 2.45) is 5.92 Å². The Morgan fingerprint density at radius 2 is 1.65 bits per heavy atom. The topological polar surface area (TPSA) is 83.6 Å². The van der Waals surface area contributed by atoms with Gasteiger partial charge in [-0.3, -0.25) is 0 Å². The van der Waals surface area contributed by atoms with Crippen LogP contribution in [-0.2, 0) is 16.4 Å². The second-order valence-corrected chi connectivity index (χ2v) is 8.72. The van der Waals surface area contributed by atoms with Crippen molar-refractivity contribution < 1.29 is 13.5 Å². The molecule has 2 aromatic rings. The Morgan fingerprint density at radius 1 is 1.04 bits per heavy atom. The maximum atomic E-state index is 12.9. The molecule has 1 atom stereocenters. The first-order valence-corrected chi connectivity index (χ1v) is 10.1. The first kappa shape index (κ1) is 20.4. The summed E-state index contributed by atoms with van der Waals surface area (Å²) in [5, 5.41) is 10.4. The Morgan fingerprint density at radius 3 is 2.23 bits per heavy atom. The van der Waals surface area contributed by atoms with Crippen LogP contribution < -0.4 is 5.73 Å². The summed E-state index contributed by atoms with van der Waals surface area (Å²) in [5.74, 6) is 0.139. The summed E-state index contributed by atoms with van der Waals surface area (Å²) in [6.07, 6.45) is 1.47. The minimum Gasteiger partial charge on any atom is -0.399 e. The zero-order chi connectivity index (χ0) is 19.2. The molecule has 0 saturated heterocycles. The molecule has 0 fully saturated rings. The van der Waals surface area contributed by atoms with Crippen molar-refractivity contribution in [3.63, 3.8) is 0 Å². The van der Waals surface area contributed by atoms with Crippen LogP contribution in [0.1, 0.15) is 19.4 Å². The van der Waals surface area contributed by atoms with Crippen molar-refractivity contribution in [1.82, 2.24) is 4.31 Å². The molecule has 1 radical (unpaired) electrons. The summed E-state index contributed by atoms with van der Waals surface area (Å²) < 4.78 is 27.2. The van der Waals surface area contributed by atoms with Crippen LogP contribution in [0.25, 0.3) is 0 Å². The molecular formula is C20H27N2O3S. The summed E-state index contributed by atoms with van der Waals surface area (Å²) in [4.78, 5) is 0.183. The van der Waals surface area contributed by atoms with Gasteiger partial charge < -0.3 is 10.8 Å². The van der Waals surface area contributed by atoms with Crippen LogP contribution in [0, 0.1) is 12.3 Å². The predicted octanol–water partition coefficient (Wildman–Crippen LogP) is 2.72. The van der Waals surface area contributed by atoms with Gasteiger partial charge in [0.05, 0.1) is 11.0 Å². The molecular weight excluding hydrogens is 348 g/mol. The molecule has 5 nitrogen and oxygen atoms in total. The highest BCUT2D eigenvalue weighted by Crippen LogP contribution is 2.19. The van der Waals surface area contributed by atoms with Crippen LogP contribution in [0.4, 0.5) is 5.69 Å². The maximum Gasteiger partial charge on any atom is 0.243 e. The van der Waals surface area contributed by atoms with Gasteiger partial charge in [-0.2, -0.15) is 4.31 Å². The van der Waals surface area contributed by atoms with E-state index in [1.54, 1.807) is 18.6 Å². The number of sulfonamides is 1. The lowest BCUT2D eigenvalue weighted by molar-refractivity contribution is 0.167. The molecule has 6 heteroatoms. The van der Waals surface area contributed by atoms with E-state index in [2.05, 4.69) is 0 Å². The lowest BCUT2D eigenvalue weighted by Crippen LogP contribution is -2.40. The van der Waals surface area contributed by atoms with Crippen molar-refractivity contribution >= 4 is 15.7 Å². The Bertz CT molecular complexity index is 774. The molecule has 0 spiro atoms. The zero-order valence-corrected chi connectivity index (χ0v) is 16.1. The molecule has 0 aromatic heterocycles. The van der Waals surface area contributed by atoms with Crippen LogP contribution in [0.3, 0.4) is 0 Å². The van der Waals surface area contributed by atoms with E-state index in [0.29, 0.717) is 18.7 Å². The number of benzene rings is 2. The van der Waals surface area contributed by atoms with Gasteiger partial charge in [-0.1, -0.05) is 44.2 Å². The molecule has 0 saturated carbocycles. The van der Waals surface area contributed by atoms with Gasteiger partial charge in [0.15, 0.2) is 0 Å². The molecule has 0 heterocycles. The highest BCUT2D eigenvalue weighted by Gasteiger charge is 2.27. The van der Waals surface area contributed by atoms with E-state index in [1.807, 2.05) is 44.2 Å². The first-order valence-electron chi connectivity index (χ1n) is 8.70. The lowest BCUT2D eigenvalue weighted by Gasteiger charge is -2.26. The monoisotopic (exact) mass is 375 g/mol. The predicted molar refractivity (Wildman–Crippen MR) is 105 cm³/mol. The summed E-state index contributed by atoms with van der Waals surface area (Å²) in [6, 6.07) is 15.9. The van der Waals surface area contributed by atoms with E-state index in [0.717, 1.165) is 5.56 Å². The van der Waals surface area contributed by atoms with Gasteiger partial charge in [-0.25, -0.2) is 8.42 Å². The number of nitrogens with zero attached hydrogens (tertiary/aromatic N) is 1. The second-order valence-electron chi connectivity index (χ2n) is 6.78. The van der Waals surface area contributed by atoms with E-state index >= 15 is 0 Å². The van der Waals surface area contributed by atoms with Crippen LogP contribution in [-0.4, -0.2) is 37.0 Å². The van der Waals surface area contributed by atoms with Crippen molar-refractivity contribution in [2.45, 2.75) is 31.3 Å². The quantitative estimate of drug-likeness (QED) is 0.660. The largest absolute Gasteiger partial charge is 0.399 e. The van der Waals surface area contributed by atoms with Crippen molar-refractivity contribution in [3.8, 4) is 0 Å². The van der Waals surface area contributed by atoms with Crippen molar-refractivity contribution in [3.05, 3.63) is 66.6 Å². The normalized spacial score (nSPS) is 13.3. The Balaban J connectivity index is 2.09. The Hall–Kier alpha value is -1.89. The van der Waals surface area contributed by atoms with Gasteiger partial charge in [-0.05, 0) is 48.6 Å². The van der Waals surface area contributed by atoms with Crippen LogP contribution >= 0.6 is 0 Å². The average molecular weight is 376 g/mol. The molecule has 1 unspecified atom stereocenters. The third-order valence-corrected chi connectivity index (χ3v) is 5.79. The van der Waals surface area contributed by atoms with Gasteiger partial charge in [0.25, 0.3) is 0 Å². The van der Waals surface area contributed by atoms with Crippen molar-refractivity contribution in [2.75, 3.05) is 18.8 Å². The smallest absolute Gasteiger partial charge is 0.243 e. The van der Waals surface area contributed by atoms with E-state index in [4.69, 9.17) is 5.73 Å². The summed E-state index contributed by atoms with van der Waals surface area (Å²) in [7, 11) is -3.69. The third-order valence-electron chi connectivity index (χ3n) is 3.95. The van der Waals surface area contributed by atoms with Gasteiger partial charge in [0.2, 0.25) is 10.0 Å². The fraction of sp³-hybridized carbons (Fsp3) is 0.350. The molecule has 0 aliphatic rings. The number of nitrogen functional groups attached to an aromatic ring is 1. The molecule has 2 aromatic carbocycles. The number of hydrogen-bond donors (Lipinski definition) is 2. The van der Waals surface area contributed by atoms with E-state index in [1.165, 1.54) is 16.4 Å². The minimum absolute atomic E-state index is 0.0255. The standard InChI is InChI=1S/C20H27N2O3S/c1-16(2)14-22(26(24,25)20-12-9-18(21)10-13-20)15-19(23)11-8-17-6-4-3-5-7-17/h3-7,9-13,16,19,23H,8,14-15,21H2,1-2H3. The zero-order valence-electron chi connectivity index (χ0n) is 15.2. The lowest BCUT2D eigenvalue weighted by atomic mass is 10.1. The second kappa shape index (κ2) is 9.16. The fourth-order valence-corrected chi connectivity index (χ4v) is 4.26. The van der Waals surface area contributed by atoms with Crippen LogP contribution in [0.15, 0.2) is 59.5 Å². The molecule has 0 amide bonds. The maximum absolute atomic E-state index is 12.9. The Kier molecular flexibility index (Phi) is 7.20. The molecule has 26 heavy (non-hydrogen) atoms. The minimum atomic E-state index is -3.69. The molecule has 2 rings (SSSR count). The number of anilines is 1. The summed E-state index contributed by atoms with van der Waals surface area (Å²) in [5.41, 5.74) is 7.23. The number of hydrogen-bond acceptors (Lipinski definition) is 4. The van der Waals surface area contributed by atoms with Gasteiger partial charge in [0.1, 0.15) is 0 Å². The van der Waals surface area contributed by atoms with E-state index < -0.39 is 16.1 Å². The van der Waals surface area contributed by atoms with E-state index in [9.17, 15) is 13.5 Å². The number of nitrogens with two attached hydrogens (primary N) is 1. The fourth-order valence-electron chi connectivity index (χ4n) is 2.64. The molecule has 3 N–H and O–H groups in total. The Labute approximate surface area is 156 Å². The number of aliphatic hydroxyl groups excluding tert-OH is 1. The average Bonchev–Trinajstić information content (AvgIpc) is 2.60. The molecule has 0 aliphatic heterocycles.